The van der Waals surface area contributed by atoms with Gasteiger partial charge in [-0.25, -0.2) is 4.39 Å². The molecule has 0 radical (unpaired) electrons. The molecule has 12 heteroatoms. The molecule has 184 valence electrons. The largest absolute Gasteiger partial charge is 0.455 e. The van der Waals surface area contributed by atoms with Gasteiger partial charge in [-0.15, -0.1) is 0 Å². The van der Waals surface area contributed by atoms with E-state index in [1.807, 2.05) is 0 Å². The second-order valence-corrected chi connectivity index (χ2v) is 7.50. The molecule has 2 amide bonds. The van der Waals surface area contributed by atoms with E-state index in [1.165, 1.54) is 24.5 Å². The molecule has 4 N–H and O–H groups in total. The number of carbonyl (C=O) groups excluding carboxylic acids is 2. The number of hydrogen-bond acceptors (Lipinski definition) is 6. The van der Waals surface area contributed by atoms with Gasteiger partial charge in [0.1, 0.15) is 22.9 Å². The highest BCUT2D eigenvalue weighted by molar-refractivity contribution is 6.13. The van der Waals surface area contributed by atoms with Gasteiger partial charge in [0.05, 0.1) is 29.6 Å². The molecule has 1 aromatic heterocycles. The highest BCUT2D eigenvalue weighted by Crippen LogP contribution is 2.38. The van der Waals surface area contributed by atoms with Gasteiger partial charge in [-0.05, 0) is 25.0 Å². The van der Waals surface area contributed by atoms with Crippen molar-refractivity contribution in [3.8, 4) is 11.5 Å². The molecule has 1 saturated carbocycles. The van der Waals surface area contributed by atoms with Crippen molar-refractivity contribution in [1.29, 1.82) is 0 Å². The summed E-state index contributed by atoms with van der Waals surface area (Å²) in [7, 11) is 0. The van der Waals surface area contributed by atoms with Crippen LogP contribution in [-0.2, 0) is 22.3 Å². The van der Waals surface area contributed by atoms with E-state index in [9.17, 15) is 27.2 Å². The zero-order valence-electron chi connectivity index (χ0n) is 18.2. The third-order valence-corrected chi connectivity index (χ3v) is 5.03. The van der Waals surface area contributed by atoms with Gasteiger partial charge in [-0.2, -0.15) is 13.2 Å². The fraction of sp³-hybridized carbons (Fsp3) is 0.217. The predicted octanol–water partition coefficient (Wildman–Crippen LogP) is 3.35. The molecule has 1 aliphatic carbocycles. The molecule has 0 unspecified atom stereocenters. The van der Waals surface area contributed by atoms with Gasteiger partial charge < -0.3 is 21.1 Å². The number of hydrogen-bond donors (Lipinski definition) is 3. The molecule has 1 aromatic carbocycles. The SMILES string of the molecule is C=CN=C/C(=C\N)C(=O)NC1(C(=O)NCc2ncc(Oc3ccccc3C(F)(F)F)cc2F)CC1. The molecule has 0 aliphatic heterocycles. The first-order valence-electron chi connectivity index (χ1n) is 10.2. The van der Waals surface area contributed by atoms with E-state index in [2.05, 4.69) is 27.2 Å². The van der Waals surface area contributed by atoms with Gasteiger partial charge in [0, 0.05) is 24.7 Å². The number of rotatable bonds is 9. The molecule has 2 aromatic rings. The quantitative estimate of drug-likeness (QED) is 0.282. The maximum atomic E-state index is 14.5. The lowest BCUT2D eigenvalue weighted by Gasteiger charge is -2.17. The minimum Gasteiger partial charge on any atom is -0.455 e. The first-order valence-corrected chi connectivity index (χ1v) is 10.2. The summed E-state index contributed by atoms with van der Waals surface area (Å²) < 4.78 is 59.0. The van der Waals surface area contributed by atoms with Crippen LogP contribution in [0.1, 0.15) is 24.1 Å². The second kappa shape index (κ2) is 10.4. The van der Waals surface area contributed by atoms with Crippen molar-refractivity contribution >= 4 is 18.0 Å². The van der Waals surface area contributed by atoms with Crippen LogP contribution in [0.25, 0.3) is 0 Å². The Balaban J connectivity index is 1.63. The van der Waals surface area contributed by atoms with E-state index in [0.29, 0.717) is 12.8 Å². The van der Waals surface area contributed by atoms with Crippen molar-refractivity contribution in [2.45, 2.75) is 31.1 Å². The first kappa shape index (κ1) is 25.4. The van der Waals surface area contributed by atoms with E-state index < -0.39 is 40.7 Å². The lowest BCUT2D eigenvalue weighted by molar-refractivity contribution is -0.138. The van der Waals surface area contributed by atoms with Gasteiger partial charge >= 0.3 is 6.18 Å². The Morgan fingerprint density at radius 3 is 2.60 bits per heavy atom. The summed E-state index contributed by atoms with van der Waals surface area (Å²) >= 11 is 0. The Hall–Kier alpha value is -4.22. The second-order valence-electron chi connectivity index (χ2n) is 7.50. The van der Waals surface area contributed by atoms with Gasteiger partial charge in [0.2, 0.25) is 5.91 Å². The van der Waals surface area contributed by atoms with Gasteiger partial charge in [-0.3, -0.25) is 19.6 Å². The third-order valence-electron chi connectivity index (χ3n) is 5.03. The van der Waals surface area contributed by atoms with Crippen LogP contribution >= 0.6 is 0 Å². The number of para-hydroxylation sites is 1. The van der Waals surface area contributed by atoms with Gasteiger partial charge in [-0.1, -0.05) is 18.7 Å². The standard InChI is InChI=1S/C23H21F4N5O3/c1-2-29-11-14(10-28)20(33)32-22(7-8-22)21(34)31-13-18-17(24)9-15(12-30-18)35-19-6-4-3-5-16(19)23(25,26)27/h2-6,9-12H,1,7-8,13,28H2,(H,31,34)(H,32,33)/b14-10+,29-11?. The fourth-order valence-corrected chi connectivity index (χ4v) is 3.02. The summed E-state index contributed by atoms with van der Waals surface area (Å²) in [6.45, 7) is 3.07. The average molecular weight is 491 g/mol. The molecule has 8 nitrogen and oxygen atoms in total. The summed E-state index contributed by atoms with van der Waals surface area (Å²) in [4.78, 5) is 32.5. The highest BCUT2D eigenvalue weighted by atomic mass is 19.4. The number of carbonyl (C=O) groups is 2. The van der Waals surface area contributed by atoms with E-state index in [1.54, 1.807) is 0 Å². The molecule has 0 atom stereocenters. The Labute approximate surface area is 197 Å². The number of nitrogens with two attached hydrogens (primary N) is 1. The topological polar surface area (TPSA) is 119 Å². The third kappa shape index (κ3) is 6.22. The summed E-state index contributed by atoms with van der Waals surface area (Å²) in [6.07, 6.45) is 0.552. The van der Waals surface area contributed by atoms with Crippen LogP contribution in [0.3, 0.4) is 0 Å². The Kier molecular flexibility index (Phi) is 7.52. The van der Waals surface area contributed by atoms with E-state index in [-0.39, 0.29) is 23.6 Å². The molecule has 1 heterocycles. The first-order chi connectivity index (χ1) is 16.6. The smallest absolute Gasteiger partial charge is 0.419 e. The predicted molar refractivity (Wildman–Crippen MR) is 119 cm³/mol. The van der Waals surface area contributed by atoms with E-state index >= 15 is 0 Å². The summed E-state index contributed by atoms with van der Waals surface area (Å²) in [5, 5.41) is 5.08. The summed E-state index contributed by atoms with van der Waals surface area (Å²) in [5.74, 6) is -2.81. The van der Waals surface area contributed by atoms with Crippen LogP contribution in [0.4, 0.5) is 17.6 Å². The monoisotopic (exact) mass is 491 g/mol. The highest BCUT2D eigenvalue weighted by Gasteiger charge is 2.51. The maximum absolute atomic E-state index is 14.5. The van der Waals surface area contributed by atoms with Crippen LogP contribution in [0.2, 0.25) is 0 Å². The maximum Gasteiger partial charge on any atom is 0.419 e. The fourth-order valence-electron chi connectivity index (χ4n) is 3.02. The zero-order chi connectivity index (χ0) is 25.6. The van der Waals surface area contributed by atoms with Gasteiger partial charge in [0.15, 0.2) is 0 Å². The molecular weight excluding hydrogens is 470 g/mol. The Bertz CT molecular complexity index is 1190. The van der Waals surface area contributed by atoms with Crippen molar-refractivity contribution in [1.82, 2.24) is 15.6 Å². The minimum atomic E-state index is -4.65. The van der Waals surface area contributed by atoms with Crippen LogP contribution in [0, 0.1) is 5.82 Å². The number of aliphatic imine (C=N–C) groups is 1. The zero-order valence-corrected chi connectivity index (χ0v) is 18.2. The lowest BCUT2D eigenvalue weighted by atomic mass is 10.2. The number of amides is 2. The van der Waals surface area contributed by atoms with Crippen molar-refractivity contribution in [3.05, 3.63) is 78.2 Å². The lowest BCUT2D eigenvalue weighted by Crippen LogP contribution is -2.49. The summed E-state index contributed by atoms with van der Waals surface area (Å²) in [6, 6.07) is 5.37. The number of aromatic nitrogens is 1. The molecule has 1 fully saturated rings. The molecule has 35 heavy (non-hydrogen) atoms. The Morgan fingerprint density at radius 2 is 2.00 bits per heavy atom. The number of benzene rings is 1. The molecular formula is C23H21F4N5O3. The normalized spacial score (nSPS) is 14.9. The van der Waals surface area contributed by atoms with Crippen molar-refractivity contribution in [2.24, 2.45) is 10.7 Å². The molecule has 3 rings (SSSR count). The van der Waals surface area contributed by atoms with Crippen LogP contribution in [-0.4, -0.2) is 28.6 Å². The number of alkyl halides is 3. The molecule has 0 bridgehead atoms. The summed E-state index contributed by atoms with van der Waals surface area (Å²) in [5.41, 5.74) is 3.08. The number of pyridine rings is 1. The van der Waals surface area contributed by atoms with Crippen LogP contribution in [0.15, 0.2) is 66.1 Å². The molecule has 0 spiro atoms. The number of nitrogens with one attached hydrogen (secondary N) is 2. The minimum absolute atomic E-state index is 0.0272. The van der Waals surface area contributed by atoms with Crippen molar-refractivity contribution in [2.75, 3.05) is 0 Å². The average Bonchev–Trinajstić information content (AvgIpc) is 3.59. The number of nitrogens with zero attached hydrogens (tertiary/aromatic N) is 2. The number of ether oxygens (including phenoxy) is 1. The molecule has 1 aliphatic rings. The van der Waals surface area contributed by atoms with Crippen molar-refractivity contribution < 1.29 is 31.9 Å². The molecule has 0 saturated heterocycles. The van der Waals surface area contributed by atoms with E-state index in [4.69, 9.17) is 10.5 Å². The van der Waals surface area contributed by atoms with Crippen molar-refractivity contribution in [3.63, 3.8) is 0 Å². The van der Waals surface area contributed by atoms with Gasteiger partial charge in [0.25, 0.3) is 5.91 Å². The van der Waals surface area contributed by atoms with Crippen LogP contribution < -0.4 is 21.1 Å². The van der Waals surface area contributed by atoms with Crippen LogP contribution in [0.5, 0.6) is 11.5 Å². The Morgan fingerprint density at radius 1 is 1.29 bits per heavy atom. The number of halogens is 4. The van der Waals surface area contributed by atoms with E-state index in [0.717, 1.165) is 30.6 Å².